The monoisotopic (exact) mass is 454 g/mol. The van der Waals surface area contributed by atoms with Crippen molar-refractivity contribution in [2.24, 2.45) is 0 Å². The summed E-state index contributed by atoms with van der Waals surface area (Å²) >= 11 is 2.45. The van der Waals surface area contributed by atoms with Crippen LogP contribution in [-0.2, 0) is 35.1 Å². The molecule has 3 rings (SSSR count). The number of hydrogen-bond donors (Lipinski definition) is 3. The van der Waals surface area contributed by atoms with Crippen molar-refractivity contribution in [3.8, 4) is 0 Å². The maximum Gasteiger partial charge on any atom is 0.352 e. The zero-order valence-corrected chi connectivity index (χ0v) is 17.4. The number of esters is 1. The lowest BCUT2D eigenvalue weighted by atomic mass is 10.0. The van der Waals surface area contributed by atoms with Crippen LogP contribution >= 0.6 is 23.1 Å². The molecule has 4 N–H and O–H groups in total. The highest BCUT2D eigenvalue weighted by atomic mass is 32.2. The minimum atomic E-state index is -1.34. The van der Waals surface area contributed by atoms with Crippen molar-refractivity contribution in [3.05, 3.63) is 22.3 Å². The highest BCUT2D eigenvalue weighted by molar-refractivity contribution is 8.00. The van der Waals surface area contributed by atoms with Crippen LogP contribution in [0.15, 0.2) is 16.7 Å². The molecule has 0 aromatic carbocycles. The molecule has 0 radical (unpaired) electrons. The molecular weight excluding hydrogens is 436 g/mol. The number of Topliss-reactive ketones (excluding diaryl/α,β-unsaturated/α-hetero) is 1. The molecule has 1 saturated heterocycles. The molecule has 0 spiro atoms. The minimum Gasteiger partial charge on any atom is -0.477 e. The van der Waals surface area contributed by atoms with Gasteiger partial charge in [0.15, 0.2) is 5.13 Å². The Kier molecular flexibility index (Phi) is 6.41. The summed E-state index contributed by atoms with van der Waals surface area (Å²) in [7, 11) is 0. The van der Waals surface area contributed by atoms with E-state index < -0.39 is 41.6 Å². The molecule has 11 nitrogen and oxygen atoms in total. The summed E-state index contributed by atoms with van der Waals surface area (Å²) in [5.41, 5.74) is 5.99. The number of nitrogens with two attached hydrogens (primary N) is 1. The number of anilines is 1. The number of carboxylic acid groups (broad SMARTS) is 1. The number of β-lactam (4-membered cyclic amide) rings is 1. The second kappa shape index (κ2) is 8.83. The average Bonchev–Trinajstić information content (AvgIpc) is 3.07. The number of thiazole rings is 1. The predicted octanol–water partition coefficient (Wildman–Crippen LogP) is -0.471. The Bertz CT molecular complexity index is 958. The van der Waals surface area contributed by atoms with E-state index in [0.717, 1.165) is 4.90 Å². The van der Waals surface area contributed by atoms with Gasteiger partial charge >= 0.3 is 11.9 Å². The first-order chi connectivity index (χ1) is 14.2. The van der Waals surface area contributed by atoms with Gasteiger partial charge in [0.05, 0.1) is 12.1 Å². The number of aromatic nitrogens is 1. The zero-order chi connectivity index (χ0) is 22.0. The van der Waals surface area contributed by atoms with Crippen molar-refractivity contribution in [2.45, 2.75) is 31.2 Å². The molecule has 2 amide bonds. The molecule has 3 heterocycles. The van der Waals surface area contributed by atoms with Gasteiger partial charge in [0.25, 0.3) is 5.91 Å². The molecule has 13 heteroatoms. The van der Waals surface area contributed by atoms with Gasteiger partial charge in [-0.3, -0.25) is 24.1 Å². The van der Waals surface area contributed by atoms with Gasteiger partial charge in [0.1, 0.15) is 35.9 Å². The van der Waals surface area contributed by atoms with Crippen LogP contribution in [0.25, 0.3) is 0 Å². The lowest BCUT2D eigenvalue weighted by molar-refractivity contribution is -0.151. The topological polar surface area (TPSA) is 169 Å². The molecule has 1 fully saturated rings. The lowest BCUT2D eigenvalue weighted by Crippen LogP contribution is -2.70. The third-order valence-corrected chi connectivity index (χ3v) is 6.34. The van der Waals surface area contributed by atoms with Crippen molar-refractivity contribution < 1.29 is 33.8 Å². The SMILES string of the molecule is CC(=O)CC(=O)OCC1=C(C(=O)O)N2C(=O)C(NC(=O)Cc3csc(N)n3)[C@H]2SC1. The van der Waals surface area contributed by atoms with E-state index >= 15 is 0 Å². The molecule has 160 valence electrons. The average molecular weight is 454 g/mol. The quantitative estimate of drug-likeness (QED) is 0.265. The summed E-state index contributed by atoms with van der Waals surface area (Å²) < 4.78 is 4.96. The number of nitrogens with one attached hydrogen (secondary N) is 1. The Morgan fingerprint density at radius 3 is 2.73 bits per heavy atom. The number of rotatable bonds is 8. The fourth-order valence-corrected chi connectivity index (χ4v) is 4.90. The van der Waals surface area contributed by atoms with E-state index in [1.165, 1.54) is 30.0 Å². The van der Waals surface area contributed by atoms with Crippen LogP contribution in [0.5, 0.6) is 0 Å². The first kappa shape index (κ1) is 21.8. The smallest absolute Gasteiger partial charge is 0.352 e. The van der Waals surface area contributed by atoms with Gasteiger partial charge in [-0.2, -0.15) is 0 Å². The van der Waals surface area contributed by atoms with Gasteiger partial charge in [-0.15, -0.1) is 23.1 Å². The number of fused-ring (bicyclic) bond motifs is 1. The normalized spacial score (nSPS) is 20.3. The molecule has 0 bridgehead atoms. The minimum absolute atomic E-state index is 0.0478. The van der Waals surface area contributed by atoms with E-state index in [-0.39, 0.29) is 35.8 Å². The third kappa shape index (κ3) is 4.62. The number of carbonyl (C=O) groups is 5. The van der Waals surface area contributed by atoms with Gasteiger partial charge in [0.2, 0.25) is 5.91 Å². The second-order valence-corrected chi connectivity index (χ2v) is 8.60. The Hall–Kier alpha value is -2.93. The summed E-state index contributed by atoms with van der Waals surface area (Å²) in [6, 6.07) is -0.866. The molecule has 30 heavy (non-hydrogen) atoms. The van der Waals surface area contributed by atoms with Crippen molar-refractivity contribution >= 4 is 57.8 Å². The number of carbonyl (C=O) groups excluding carboxylic acids is 4. The van der Waals surface area contributed by atoms with E-state index in [4.69, 9.17) is 10.5 Å². The largest absolute Gasteiger partial charge is 0.477 e. The number of thioether (sulfide) groups is 1. The Balaban J connectivity index is 1.65. The van der Waals surface area contributed by atoms with Gasteiger partial charge < -0.3 is 20.9 Å². The maximum absolute atomic E-state index is 12.5. The van der Waals surface area contributed by atoms with Crippen LogP contribution < -0.4 is 11.1 Å². The Morgan fingerprint density at radius 2 is 2.13 bits per heavy atom. The molecule has 2 aliphatic rings. The molecule has 2 aliphatic heterocycles. The van der Waals surface area contributed by atoms with Crippen molar-refractivity contribution in [3.63, 3.8) is 0 Å². The van der Waals surface area contributed by atoms with Gasteiger partial charge in [0, 0.05) is 16.7 Å². The molecule has 0 aliphatic carbocycles. The summed E-state index contributed by atoms with van der Waals surface area (Å²) in [4.78, 5) is 64.1. The Morgan fingerprint density at radius 1 is 1.40 bits per heavy atom. The van der Waals surface area contributed by atoms with E-state index in [0.29, 0.717) is 10.8 Å². The maximum atomic E-state index is 12.5. The van der Waals surface area contributed by atoms with Crippen LogP contribution in [0.3, 0.4) is 0 Å². The standard InChI is InChI=1S/C17H18N4O7S2/c1-7(22)2-11(24)28-4-8-5-29-15-12(14(25)21(15)13(8)16(26)27)20-10(23)3-9-6-30-17(18)19-9/h6,12,15H,2-5H2,1H3,(H2,18,19)(H,20,23)(H,26,27)/t12?,15-/m1/s1. The van der Waals surface area contributed by atoms with Crippen molar-refractivity contribution in [2.75, 3.05) is 18.1 Å². The molecule has 0 saturated carbocycles. The summed E-state index contributed by atoms with van der Waals surface area (Å²) in [5.74, 6) is -3.28. The Labute approximate surface area is 178 Å². The highest BCUT2D eigenvalue weighted by Gasteiger charge is 2.54. The second-order valence-electron chi connectivity index (χ2n) is 6.61. The summed E-state index contributed by atoms with van der Waals surface area (Å²) in [5, 5.41) is 13.6. The van der Waals surface area contributed by atoms with E-state index in [9.17, 15) is 29.1 Å². The van der Waals surface area contributed by atoms with Crippen LogP contribution in [0.4, 0.5) is 5.13 Å². The fraction of sp³-hybridized carbons (Fsp3) is 0.412. The number of amides is 2. The van der Waals surface area contributed by atoms with Gasteiger partial charge in [-0.1, -0.05) is 0 Å². The number of aliphatic carboxylic acids is 1. The lowest BCUT2D eigenvalue weighted by Gasteiger charge is -2.49. The highest BCUT2D eigenvalue weighted by Crippen LogP contribution is 2.40. The number of ketones is 1. The fourth-order valence-electron chi connectivity index (χ4n) is 3.01. The number of nitrogen functional groups attached to an aromatic ring is 1. The van der Waals surface area contributed by atoms with Crippen LogP contribution in [-0.4, -0.2) is 68.3 Å². The van der Waals surface area contributed by atoms with Crippen molar-refractivity contribution in [1.82, 2.24) is 15.2 Å². The number of carboxylic acids is 1. The van der Waals surface area contributed by atoms with Crippen LogP contribution in [0, 0.1) is 0 Å². The molecule has 2 atom stereocenters. The summed E-state index contributed by atoms with van der Waals surface area (Å²) in [6.07, 6.45) is -0.458. The first-order valence-corrected chi connectivity index (χ1v) is 10.6. The first-order valence-electron chi connectivity index (χ1n) is 8.71. The number of ether oxygens (including phenoxy) is 1. The molecule has 1 aromatic heterocycles. The summed E-state index contributed by atoms with van der Waals surface area (Å²) in [6.45, 7) is 0.903. The zero-order valence-electron chi connectivity index (χ0n) is 15.7. The van der Waals surface area contributed by atoms with E-state index in [1.807, 2.05) is 0 Å². The molecular formula is C17H18N4O7S2. The van der Waals surface area contributed by atoms with E-state index in [1.54, 1.807) is 5.38 Å². The molecule has 1 unspecified atom stereocenters. The third-order valence-electron chi connectivity index (χ3n) is 4.28. The van der Waals surface area contributed by atoms with Crippen molar-refractivity contribution in [1.29, 1.82) is 0 Å². The van der Waals surface area contributed by atoms with Crippen LogP contribution in [0.2, 0.25) is 0 Å². The van der Waals surface area contributed by atoms with E-state index in [2.05, 4.69) is 10.3 Å². The van der Waals surface area contributed by atoms with Crippen LogP contribution in [0.1, 0.15) is 19.0 Å². The predicted molar refractivity (Wildman–Crippen MR) is 106 cm³/mol. The number of hydrogen-bond acceptors (Lipinski definition) is 10. The molecule has 1 aromatic rings. The number of nitrogens with zero attached hydrogens (tertiary/aromatic N) is 2. The van der Waals surface area contributed by atoms with Gasteiger partial charge in [-0.05, 0) is 6.92 Å². The van der Waals surface area contributed by atoms with Gasteiger partial charge in [-0.25, -0.2) is 9.78 Å².